The van der Waals surface area contributed by atoms with Crippen LogP contribution >= 0.6 is 11.6 Å². The average molecular weight is 223 g/mol. The molecule has 78 valence electrons. The van der Waals surface area contributed by atoms with Crippen LogP contribution in [-0.4, -0.2) is 19.7 Å². The molecule has 15 heavy (non-hydrogen) atoms. The van der Waals surface area contributed by atoms with E-state index < -0.39 is 0 Å². The lowest BCUT2D eigenvalue weighted by atomic mass is 10.3. The Bertz CT molecular complexity index is 478. The highest BCUT2D eigenvalue weighted by Crippen LogP contribution is 2.09. The lowest BCUT2D eigenvalue weighted by molar-refractivity contribution is 0.655. The third-order valence-electron chi connectivity index (χ3n) is 2.09. The van der Waals surface area contributed by atoms with Crippen LogP contribution in [0, 0.1) is 13.8 Å². The van der Waals surface area contributed by atoms with Gasteiger partial charge in [-0.05, 0) is 31.5 Å². The summed E-state index contributed by atoms with van der Waals surface area (Å²) in [5.41, 5.74) is 1.07. The molecule has 0 aliphatic rings. The third kappa shape index (κ3) is 2.33. The summed E-state index contributed by atoms with van der Waals surface area (Å²) in [4.78, 5) is 8.16. The molecule has 0 spiro atoms. The van der Waals surface area contributed by atoms with Gasteiger partial charge in [-0.1, -0.05) is 11.6 Å². The molecule has 0 bridgehead atoms. The van der Waals surface area contributed by atoms with Gasteiger partial charge in [-0.2, -0.15) is 5.10 Å². The van der Waals surface area contributed by atoms with Gasteiger partial charge in [0.05, 0.1) is 6.54 Å². The molecule has 2 heterocycles. The van der Waals surface area contributed by atoms with E-state index in [1.807, 2.05) is 30.7 Å². The van der Waals surface area contributed by atoms with Crippen LogP contribution < -0.4 is 0 Å². The Balaban J connectivity index is 2.25. The van der Waals surface area contributed by atoms with Crippen molar-refractivity contribution in [3.8, 4) is 0 Å². The van der Waals surface area contributed by atoms with Crippen molar-refractivity contribution in [2.24, 2.45) is 0 Å². The van der Waals surface area contributed by atoms with Gasteiger partial charge in [-0.15, -0.1) is 0 Å². The zero-order chi connectivity index (χ0) is 10.8. The van der Waals surface area contributed by atoms with Gasteiger partial charge in [0.2, 0.25) is 0 Å². The van der Waals surface area contributed by atoms with Crippen LogP contribution in [0.15, 0.2) is 18.3 Å². The van der Waals surface area contributed by atoms with Gasteiger partial charge in [-0.25, -0.2) is 14.6 Å². The summed E-state index contributed by atoms with van der Waals surface area (Å²) in [6.07, 6.45) is 1.69. The number of aromatic nitrogens is 4. The fourth-order valence-corrected chi connectivity index (χ4v) is 1.62. The molecule has 0 unspecified atom stereocenters. The summed E-state index contributed by atoms with van der Waals surface area (Å²) in [5, 5.41) is 4.78. The molecule has 0 atom stereocenters. The van der Waals surface area contributed by atoms with Crippen molar-refractivity contribution < 1.29 is 0 Å². The Morgan fingerprint density at radius 3 is 2.80 bits per heavy atom. The van der Waals surface area contributed by atoms with Crippen molar-refractivity contribution >= 4 is 11.6 Å². The van der Waals surface area contributed by atoms with E-state index in [0.29, 0.717) is 11.7 Å². The molecule has 0 aromatic carbocycles. The second-order valence-corrected chi connectivity index (χ2v) is 3.74. The van der Waals surface area contributed by atoms with E-state index in [0.717, 1.165) is 17.2 Å². The third-order valence-corrected chi connectivity index (χ3v) is 2.29. The summed E-state index contributed by atoms with van der Waals surface area (Å²) >= 11 is 5.80. The fourth-order valence-electron chi connectivity index (χ4n) is 1.42. The molecular formula is C10H11ClN4. The standard InChI is InChI=1S/C10H11ClN4/c1-7-13-8(2)15(14-7)6-9-3-4-12-10(11)5-9/h3-5H,6H2,1-2H3. The highest BCUT2D eigenvalue weighted by atomic mass is 35.5. The number of hydrogen-bond donors (Lipinski definition) is 0. The highest BCUT2D eigenvalue weighted by molar-refractivity contribution is 6.29. The van der Waals surface area contributed by atoms with Crippen molar-refractivity contribution in [1.29, 1.82) is 0 Å². The molecule has 4 nitrogen and oxygen atoms in total. The summed E-state index contributed by atoms with van der Waals surface area (Å²) in [6, 6.07) is 3.75. The largest absolute Gasteiger partial charge is 0.246 e. The monoisotopic (exact) mass is 222 g/mol. The molecule has 5 heteroatoms. The first-order valence-electron chi connectivity index (χ1n) is 4.63. The SMILES string of the molecule is Cc1nc(C)n(Cc2ccnc(Cl)c2)n1. The van der Waals surface area contributed by atoms with Gasteiger partial charge in [0.15, 0.2) is 0 Å². The quantitative estimate of drug-likeness (QED) is 0.730. The summed E-state index contributed by atoms with van der Waals surface area (Å²) in [5.74, 6) is 1.69. The molecule has 0 saturated heterocycles. The number of hydrogen-bond acceptors (Lipinski definition) is 3. The molecule has 2 aromatic rings. The van der Waals surface area contributed by atoms with Gasteiger partial charge in [0, 0.05) is 6.20 Å². The van der Waals surface area contributed by atoms with Crippen molar-refractivity contribution in [2.45, 2.75) is 20.4 Å². The van der Waals surface area contributed by atoms with Crippen molar-refractivity contribution in [1.82, 2.24) is 19.7 Å². The molecule has 0 amide bonds. The Kier molecular flexibility index (Phi) is 2.68. The van der Waals surface area contributed by atoms with Crippen molar-refractivity contribution in [2.75, 3.05) is 0 Å². The van der Waals surface area contributed by atoms with Crippen LogP contribution in [0.1, 0.15) is 17.2 Å². The van der Waals surface area contributed by atoms with E-state index in [2.05, 4.69) is 15.1 Å². The molecule has 0 N–H and O–H groups in total. The number of nitrogens with zero attached hydrogens (tertiary/aromatic N) is 4. The average Bonchev–Trinajstić information content (AvgIpc) is 2.45. The van der Waals surface area contributed by atoms with E-state index in [-0.39, 0.29) is 0 Å². The lowest BCUT2D eigenvalue weighted by Gasteiger charge is -2.02. The zero-order valence-corrected chi connectivity index (χ0v) is 9.36. The predicted octanol–water partition coefficient (Wildman–Crippen LogP) is 1.99. The van der Waals surface area contributed by atoms with E-state index in [1.165, 1.54) is 0 Å². The van der Waals surface area contributed by atoms with Crippen LogP contribution in [0.5, 0.6) is 0 Å². The van der Waals surface area contributed by atoms with Crippen LogP contribution in [-0.2, 0) is 6.54 Å². The van der Waals surface area contributed by atoms with Gasteiger partial charge in [0.1, 0.15) is 16.8 Å². The number of aryl methyl sites for hydroxylation is 2. The molecule has 0 fully saturated rings. The van der Waals surface area contributed by atoms with Gasteiger partial charge in [-0.3, -0.25) is 0 Å². The minimum atomic E-state index is 0.502. The summed E-state index contributed by atoms with van der Waals surface area (Å²) < 4.78 is 1.85. The van der Waals surface area contributed by atoms with Gasteiger partial charge < -0.3 is 0 Å². The van der Waals surface area contributed by atoms with E-state index >= 15 is 0 Å². The van der Waals surface area contributed by atoms with Gasteiger partial charge in [0.25, 0.3) is 0 Å². The van der Waals surface area contributed by atoms with Crippen LogP contribution in [0.3, 0.4) is 0 Å². The van der Waals surface area contributed by atoms with Crippen LogP contribution in [0.2, 0.25) is 5.15 Å². The Hall–Kier alpha value is -1.42. The summed E-state index contributed by atoms with van der Waals surface area (Å²) in [6.45, 7) is 4.49. The van der Waals surface area contributed by atoms with Crippen molar-refractivity contribution in [3.63, 3.8) is 0 Å². The minimum absolute atomic E-state index is 0.502. The zero-order valence-electron chi connectivity index (χ0n) is 8.61. The number of halogens is 1. The Labute approximate surface area is 92.9 Å². The second kappa shape index (κ2) is 3.98. The molecule has 0 saturated carbocycles. The molecule has 0 radical (unpaired) electrons. The van der Waals surface area contributed by atoms with Crippen molar-refractivity contribution in [3.05, 3.63) is 40.7 Å². The molecule has 0 aliphatic carbocycles. The van der Waals surface area contributed by atoms with Crippen LogP contribution in [0.4, 0.5) is 0 Å². The minimum Gasteiger partial charge on any atom is -0.246 e. The second-order valence-electron chi connectivity index (χ2n) is 3.35. The Morgan fingerprint density at radius 2 is 2.20 bits per heavy atom. The first-order valence-corrected chi connectivity index (χ1v) is 5.01. The topological polar surface area (TPSA) is 43.6 Å². The first-order chi connectivity index (χ1) is 7.15. The lowest BCUT2D eigenvalue weighted by Crippen LogP contribution is -2.04. The molecular weight excluding hydrogens is 212 g/mol. The maximum atomic E-state index is 5.80. The maximum absolute atomic E-state index is 5.80. The highest BCUT2D eigenvalue weighted by Gasteiger charge is 2.03. The number of pyridine rings is 1. The molecule has 2 rings (SSSR count). The fraction of sp³-hybridized carbons (Fsp3) is 0.300. The normalized spacial score (nSPS) is 10.6. The summed E-state index contributed by atoms with van der Waals surface area (Å²) in [7, 11) is 0. The Morgan fingerprint density at radius 1 is 1.40 bits per heavy atom. The first kappa shape index (κ1) is 10.1. The van der Waals surface area contributed by atoms with Gasteiger partial charge >= 0.3 is 0 Å². The maximum Gasteiger partial charge on any atom is 0.147 e. The molecule has 2 aromatic heterocycles. The smallest absolute Gasteiger partial charge is 0.147 e. The number of rotatable bonds is 2. The van der Waals surface area contributed by atoms with E-state index in [4.69, 9.17) is 11.6 Å². The molecule has 0 aliphatic heterocycles. The van der Waals surface area contributed by atoms with Crippen LogP contribution in [0.25, 0.3) is 0 Å². The predicted molar refractivity (Wildman–Crippen MR) is 57.8 cm³/mol. The van der Waals surface area contributed by atoms with E-state index in [1.54, 1.807) is 6.20 Å². The van der Waals surface area contributed by atoms with E-state index in [9.17, 15) is 0 Å².